The van der Waals surface area contributed by atoms with Crippen molar-refractivity contribution in [2.75, 3.05) is 32.1 Å². The summed E-state index contributed by atoms with van der Waals surface area (Å²) >= 11 is 1.50. The summed E-state index contributed by atoms with van der Waals surface area (Å²) in [7, 11) is 1.63. The largest absolute Gasteiger partial charge is 0.383 e. The van der Waals surface area contributed by atoms with Gasteiger partial charge in [-0.25, -0.2) is 9.97 Å². The van der Waals surface area contributed by atoms with Crippen LogP contribution in [0.3, 0.4) is 0 Å². The van der Waals surface area contributed by atoms with Crippen molar-refractivity contribution in [1.29, 1.82) is 0 Å². The van der Waals surface area contributed by atoms with E-state index >= 15 is 0 Å². The highest BCUT2D eigenvalue weighted by molar-refractivity contribution is 7.99. The van der Waals surface area contributed by atoms with E-state index < -0.39 is 0 Å². The molecule has 2 aromatic rings. The Morgan fingerprint density at radius 1 is 1.17 bits per heavy atom. The number of nitrogens with one attached hydrogen (secondary N) is 2. The third-order valence-electron chi connectivity index (χ3n) is 3.08. The van der Waals surface area contributed by atoms with Gasteiger partial charge in [0.2, 0.25) is 5.91 Å². The van der Waals surface area contributed by atoms with Crippen LogP contribution in [-0.4, -0.2) is 42.7 Å². The van der Waals surface area contributed by atoms with Crippen molar-refractivity contribution in [3.8, 4) is 0 Å². The Morgan fingerprint density at radius 2 is 1.83 bits per heavy atom. The Labute approximate surface area is 146 Å². The molecule has 0 fully saturated rings. The van der Waals surface area contributed by atoms with Crippen molar-refractivity contribution in [1.82, 2.24) is 15.3 Å². The Bertz CT molecular complexity index is 657. The van der Waals surface area contributed by atoms with Gasteiger partial charge in [-0.1, -0.05) is 0 Å². The molecule has 128 valence electrons. The van der Waals surface area contributed by atoms with Crippen molar-refractivity contribution >= 4 is 23.4 Å². The zero-order chi connectivity index (χ0) is 17.4. The maximum atomic E-state index is 11.8. The molecule has 0 bridgehead atoms. The van der Waals surface area contributed by atoms with Gasteiger partial charge in [0.05, 0.1) is 13.2 Å². The van der Waals surface area contributed by atoms with Crippen LogP contribution < -0.4 is 10.6 Å². The summed E-state index contributed by atoms with van der Waals surface area (Å²) in [5.74, 6) is -0.0795. The number of amides is 1. The van der Waals surface area contributed by atoms with Crippen molar-refractivity contribution in [3.63, 3.8) is 0 Å². The monoisotopic (exact) mass is 346 g/mol. The SMILES string of the molecule is COCCNCC(=O)Nc1ccc(Sc2nc(C)cc(C)n2)cc1. The first-order chi connectivity index (χ1) is 11.6. The van der Waals surface area contributed by atoms with E-state index in [4.69, 9.17) is 4.74 Å². The number of methoxy groups -OCH3 is 1. The summed E-state index contributed by atoms with van der Waals surface area (Å²) in [6, 6.07) is 9.58. The fraction of sp³-hybridized carbons (Fsp3) is 0.353. The normalized spacial score (nSPS) is 10.6. The standard InChI is InChI=1S/C17H22N4O2S/c1-12-10-13(2)20-17(19-12)24-15-6-4-14(5-7-15)21-16(22)11-18-8-9-23-3/h4-7,10,18H,8-9,11H2,1-3H3,(H,21,22). The number of aromatic nitrogens is 2. The Morgan fingerprint density at radius 3 is 2.46 bits per heavy atom. The van der Waals surface area contributed by atoms with E-state index in [0.717, 1.165) is 27.1 Å². The van der Waals surface area contributed by atoms with E-state index in [-0.39, 0.29) is 12.5 Å². The number of aryl methyl sites for hydroxylation is 2. The van der Waals surface area contributed by atoms with E-state index in [2.05, 4.69) is 20.6 Å². The fourth-order valence-electron chi connectivity index (χ4n) is 2.03. The predicted octanol–water partition coefficient (Wildman–Crippen LogP) is 2.42. The van der Waals surface area contributed by atoms with Crippen molar-refractivity contribution in [2.45, 2.75) is 23.9 Å². The lowest BCUT2D eigenvalue weighted by Crippen LogP contribution is -2.30. The number of benzene rings is 1. The summed E-state index contributed by atoms with van der Waals surface area (Å²) in [5.41, 5.74) is 2.67. The van der Waals surface area contributed by atoms with Gasteiger partial charge in [0.1, 0.15) is 0 Å². The summed E-state index contributed by atoms with van der Waals surface area (Å²) in [5, 5.41) is 6.58. The zero-order valence-corrected chi connectivity index (χ0v) is 14.9. The second kappa shape index (κ2) is 9.36. The van der Waals surface area contributed by atoms with Crippen molar-refractivity contribution in [3.05, 3.63) is 41.7 Å². The molecular formula is C17H22N4O2S. The smallest absolute Gasteiger partial charge is 0.238 e. The molecule has 2 N–H and O–H groups in total. The molecule has 0 saturated heterocycles. The molecule has 0 aliphatic rings. The van der Waals surface area contributed by atoms with Gasteiger partial charge in [0, 0.05) is 35.6 Å². The molecule has 7 heteroatoms. The van der Waals surface area contributed by atoms with Gasteiger partial charge in [-0.05, 0) is 55.9 Å². The van der Waals surface area contributed by atoms with Gasteiger partial charge in [-0.2, -0.15) is 0 Å². The van der Waals surface area contributed by atoms with Crippen molar-refractivity contribution < 1.29 is 9.53 Å². The van der Waals surface area contributed by atoms with Crippen LogP contribution in [0.1, 0.15) is 11.4 Å². The molecule has 24 heavy (non-hydrogen) atoms. The van der Waals surface area contributed by atoms with Gasteiger partial charge in [0.15, 0.2) is 5.16 Å². The van der Waals surface area contributed by atoms with Crippen LogP contribution in [0.15, 0.2) is 40.4 Å². The number of carbonyl (C=O) groups is 1. The quantitative estimate of drug-likeness (QED) is 0.565. The average Bonchev–Trinajstić information content (AvgIpc) is 2.52. The van der Waals surface area contributed by atoms with Gasteiger partial charge >= 0.3 is 0 Å². The summed E-state index contributed by atoms with van der Waals surface area (Å²) in [6.07, 6.45) is 0. The maximum absolute atomic E-state index is 11.8. The Kier molecular flexibility index (Phi) is 7.17. The number of carbonyl (C=O) groups excluding carboxylic acids is 1. The lowest BCUT2D eigenvalue weighted by Gasteiger charge is -2.07. The molecule has 2 rings (SSSR count). The second-order valence-electron chi connectivity index (χ2n) is 5.28. The van der Waals surface area contributed by atoms with Crippen LogP contribution in [0.25, 0.3) is 0 Å². The molecule has 0 unspecified atom stereocenters. The summed E-state index contributed by atoms with van der Waals surface area (Å²) in [6.45, 7) is 5.40. The minimum Gasteiger partial charge on any atom is -0.383 e. The molecule has 0 aliphatic heterocycles. The van der Waals surface area contributed by atoms with Crippen LogP contribution in [-0.2, 0) is 9.53 Å². The molecule has 6 nitrogen and oxygen atoms in total. The van der Waals surface area contributed by atoms with Gasteiger partial charge < -0.3 is 15.4 Å². The lowest BCUT2D eigenvalue weighted by molar-refractivity contribution is -0.115. The predicted molar refractivity (Wildman–Crippen MR) is 95.4 cm³/mol. The maximum Gasteiger partial charge on any atom is 0.238 e. The Hall–Kier alpha value is -1.96. The van der Waals surface area contributed by atoms with E-state index in [1.807, 2.05) is 44.2 Å². The summed E-state index contributed by atoms with van der Waals surface area (Å²) in [4.78, 5) is 21.6. The fourth-order valence-corrected chi connectivity index (χ4v) is 2.89. The van der Waals surface area contributed by atoms with E-state index in [1.165, 1.54) is 11.8 Å². The first kappa shape index (κ1) is 18.4. The molecule has 1 amide bonds. The molecule has 0 atom stereocenters. The van der Waals surface area contributed by atoms with Gasteiger partial charge in [-0.15, -0.1) is 0 Å². The molecule has 0 radical (unpaired) electrons. The van der Waals surface area contributed by atoms with Crippen LogP contribution in [0.5, 0.6) is 0 Å². The van der Waals surface area contributed by atoms with Crippen molar-refractivity contribution in [2.24, 2.45) is 0 Å². The van der Waals surface area contributed by atoms with E-state index in [9.17, 15) is 4.79 Å². The first-order valence-electron chi connectivity index (χ1n) is 7.66. The number of nitrogens with zero attached hydrogens (tertiary/aromatic N) is 2. The average molecular weight is 346 g/mol. The summed E-state index contributed by atoms with van der Waals surface area (Å²) < 4.78 is 4.91. The van der Waals surface area contributed by atoms with E-state index in [0.29, 0.717) is 13.2 Å². The van der Waals surface area contributed by atoms with Crippen LogP contribution >= 0.6 is 11.8 Å². The van der Waals surface area contributed by atoms with Gasteiger partial charge in [-0.3, -0.25) is 4.79 Å². The van der Waals surface area contributed by atoms with Gasteiger partial charge in [0.25, 0.3) is 0 Å². The van der Waals surface area contributed by atoms with Crippen LogP contribution in [0.4, 0.5) is 5.69 Å². The molecular weight excluding hydrogens is 324 g/mol. The number of anilines is 1. The molecule has 0 spiro atoms. The zero-order valence-electron chi connectivity index (χ0n) is 14.1. The third kappa shape index (κ3) is 6.27. The molecule has 1 aromatic heterocycles. The number of ether oxygens (including phenoxy) is 1. The highest BCUT2D eigenvalue weighted by Crippen LogP contribution is 2.26. The highest BCUT2D eigenvalue weighted by atomic mass is 32.2. The second-order valence-corrected chi connectivity index (χ2v) is 6.32. The highest BCUT2D eigenvalue weighted by Gasteiger charge is 2.05. The van der Waals surface area contributed by atoms with E-state index in [1.54, 1.807) is 7.11 Å². The Balaban J connectivity index is 1.87. The number of rotatable bonds is 8. The first-order valence-corrected chi connectivity index (χ1v) is 8.48. The minimum absolute atomic E-state index is 0.0795. The molecule has 0 aliphatic carbocycles. The topological polar surface area (TPSA) is 76.1 Å². The van der Waals surface area contributed by atoms with Crippen LogP contribution in [0, 0.1) is 13.8 Å². The molecule has 0 saturated carbocycles. The minimum atomic E-state index is -0.0795. The molecule has 1 heterocycles. The lowest BCUT2D eigenvalue weighted by atomic mass is 10.3. The third-order valence-corrected chi connectivity index (χ3v) is 3.95. The number of hydrogen-bond donors (Lipinski definition) is 2. The van der Waals surface area contributed by atoms with Crippen LogP contribution in [0.2, 0.25) is 0 Å². The molecule has 1 aromatic carbocycles. The number of hydrogen-bond acceptors (Lipinski definition) is 6.